The Labute approximate surface area is 142 Å². The number of aliphatic hydroxyl groups excluding tert-OH is 1. The maximum absolute atomic E-state index is 11.7. The average Bonchev–Trinajstić information content (AvgIpc) is 2.11. The summed E-state index contributed by atoms with van der Waals surface area (Å²) < 4.78 is 69.9. The van der Waals surface area contributed by atoms with Crippen LogP contribution in [-0.4, -0.2) is 23.1 Å². The Kier molecular flexibility index (Phi) is 11.5. The van der Waals surface area contributed by atoms with Crippen molar-refractivity contribution in [1.82, 2.24) is 0 Å². The summed E-state index contributed by atoms with van der Waals surface area (Å²) >= 11 is 5.38. The van der Waals surface area contributed by atoms with Crippen LogP contribution in [0.1, 0.15) is 13.3 Å². The van der Waals surface area contributed by atoms with Gasteiger partial charge in [0.15, 0.2) is 5.76 Å². The minimum absolute atomic E-state index is 0. The molecular weight excluding hydrogens is 432 g/mol. The molecule has 0 aliphatic rings. The molecule has 133 valence electrons. The van der Waals surface area contributed by atoms with Crippen LogP contribution >= 0.6 is 11.6 Å². The molecule has 0 saturated heterocycles. The molecule has 0 aromatic carbocycles. The number of halogens is 7. The van der Waals surface area contributed by atoms with E-state index in [0.717, 1.165) is 5.57 Å². The van der Waals surface area contributed by atoms with Crippen molar-refractivity contribution in [3.05, 3.63) is 42.5 Å². The molecule has 0 heterocycles. The van der Waals surface area contributed by atoms with E-state index in [1.54, 1.807) is 0 Å². The van der Waals surface area contributed by atoms with Crippen molar-refractivity contribution < 1.29 is 57.0 Å². The van der Waals surface area contributed by atoms with Crippen molar-refractivity contribution in [2.24, 2.45) is 0 Å². The van der Waals surface area contributed by atoms with Crippen molar-refractivity contribution in [3.63, 3.8) is 0 Å². The second kappa shape index (κ2) is 9.61. The Morgan fingerprint density at radius 1 is 1.18 bits per heavy atom. The molecular formula is C12H13ClF6O2Pd-. The van der Waals surface area contributed by atoms with E-state index in [2.05, 4.69) is 20.1 Å². The maximum atomic E-state index is 11.7. The molecule has 0 aliphatic heterocycles. The zero-order chi connectivity index (χ0) is 17.6. The molecule has 10 heteroatoms. The molecule has 0 bridgehead atoms. The molecule has 0 rings (SSSR count). The first-order valence-electron chi connectivity index (χ1n) is 5.10. The van der Waals surface area contributed by atoms with E-state index in [4.69, 9.17) is 16.7 Å². The van der Waals surface area contributed by atoms with Gasteiger partial charge in [-0.05, 0) is 13.0 Å². The SMILES string of the molecule is CC([O-])(/C=C(\O)C(F)(F)F)C(F)(F)F.[CH2]C(=C)CC(=C)Cl.[Pd]. The normalized spacial score (nSPS) is 14.9. The van der Waals surface area contributed by atoms with Crippen LogP contribution in [0, 0.1) is 6.92 Å². The topological polar surface area (TPSA) is 43.3 Å². The minimum atomic E-state index is -5.40. The van der Waals surface area contributed by atoms with Crippen LogP contribution in [0.5, 0.6) is 0 Å². The van der Waals surface area contributed by atoms with Gasteiger partial charge >= 0.3 is 12.4 Å². The fourth-order valence-electron chi connectivity index (χ4n) is 0.696. The Morgan fingerprint density at radius 2 is 1.55 bits per heavy atom. The van der Waals surface area contributed by atoms with E-state index in [0.29, 0.717) is 11.5 Å². The van der Waals surface area contributed by atoms with Crippen molar-refractivity contribution in [2.75, 3.05) is 0 Å². The number of aliphatic hydroxyl groups is 1. The van der Waals surface area contributed by atoms with Gasteiger partial charge in [0.2, 0.25) is 0 Å². The van der Waals surface area contributed by atoms with Gasteiger partial charge < -0.3 is 10.2 Å². The van der Waals surface area contributed by atoms with Crippen molar-refractivity contribution in [3.8, 4) is 0 Å². The van der Waals surface area contributed by atoms with Crippen molar-refractivity contribution in [2.45, 2.75) is 31.3 Å². The van der Waals surface area contributed by atoms with Crippen LogP contribution < -0.4 is 5.11 Å². The van der Waals surface area contributed by atoms with Gasteiger partial charge in [-0.25, -0.2) is 0 Å². The van der Waals surface area contributed by atoms with Crippen LogP contribution in [0.4, 0.5) is 26.3 Å². The Hall–Kier alpha value is -0.488. The third-order valence-corrected chi connectivity index (χ3v) is 1.84. The molecule has 1 radical (unpaired) electrons. The molecule has 0 fully saturated rings. The van der Waals surface area contributed by atoms with Gasteiger partial charge in [-0.2, -0.15) is 26.3 Å². The molecule has 2 nitrogen and oxygen atoms in total. The molecule has 0 saturated carbocycles. The predicted molar refractivity (Wildman–Crippen MR) is 65.3 cm³/mol. The van der Waals surface area contributed by atoms with Gasteiger partial charge in [-0.3, -0.25) is 0 Å². The zero-order valence-corrected chi connectivity index (χ0v) is 13.5. The van der Waals surface area contributed by atoms with Crippen molar-refractivity contribution in [1.29, 1.82) is 0 Å². The van der Waals surface area contributed by atoms with Crippen LogP contribution in [0.2, 0.25) is 0 Å². The van der Waals surface area contributed by atoms with Gasteiger partial charge in [0.05, 0.1) is 0 Å². The summed E-state index contributed by atoms with van der Waals surface area (Å²) in [7, 11) is 0. The molecule has 1 unspecified atom stereocenters. The van der Waals surface area contributed by atoms with Gasteiger partial charge in [0, 0.05) is 37.5 Å². The summed E-state index contributed by atoms with van der Waals surface area (Å²) in [5, 5.41) is 19.2. The third-order valence-electron chi connectivity index (χ3n) is 1.71. The minimum Gasteiger partial charge on any atom is -0.840 e. The van der Waals surface area contributed by atoms with Crippen LogP contribution in [0.25, 0.3) is 0 Å². The van der Waals surface area contributed by atoms with E-state index in [9.17, 15) is 31.4 Å². The summed E-state index contributed by atoms with van der Waals surface area (Å²) in [6.07, 6.45) is -10.9. The molecule has 0 spiro atoms. The second-order valence-electron chi connectivity index (χ2n) is 4.08. The van der Waals surface area contributed by atoms with Crippen LogP contribution in [0.15, 0.2) is 35.6 Å². The second-order valence-corrected chi connectivity index (χ2v) is 4.61. The van der Waals surface area contributed by atoms with Gasteiger partial charge in [0.1, 0.15) is 0 Å². The molecule has 22 heavy (non-hydrogen) atoms. The van der Waals surface area contributed by atoms with Gasteiger partial charge in [0.25, 0.3) is 0 Å². The van der Waals surface area contributed by atoms with E-state index in [1.807, 2.05) is 0 Å². The number of hydrogen-bond donors (Lipinski definition) is 1. The molecule has 0 aromatic rings. The fourth-order valence-corrected chi connectivity index (χ4v) is 0.885. The van der Waals surface area contributed by atoms with E-state index < -0.39 is 29.8 Å². The summed E-state index contributed by atoms with van der Waals surface area (Å²) in [5.41, 5.74) is -3.16. The third kappa shape index (κ3) is 12.1. The largest absolute Gasteiger partial charge is 0.840 e. The average molecular weight is 445 g/mol. The first kappa shape index (κ1) is 26.4. The number of alkyl halides is 6. The number of rotatable bonds is 3. The van der Waals surface area contributed by atoms with E-state index in [-0.39, 0.29) is 27.3 Å². The quantitative estimate of drug-likeness (QED) is 0.403. The summed E-state index contributed by atoms with van der Waals surface area (Å²) in [4.78, 5) is 0. The summed E-state index contributed by atoms with van der Waals surface area (Å²) in [6.45, 7) is 10.5. The summed E-state index contributed by atoms with van der Waals surface area (Å²) in [6, 6.07) is 0. The Bertz CT molecular complexity index is 401. The Balaban J connectivity index is -0.000000385. The molecule has 1 atom stereocenters. The van der Waals surface area contributed by atoms with E-state index >= 15 is 0 Å². The molecule has 0 aromatic heterocycles. The van der Waals surface area contributed by atoms with Crippen molar-refractivity contribution >= 4 is 11.6 Å². The monoisotopic (exact) mass is 444 g/mol. The summed E-state index contributed by atoms with van der Waals surface area (Å²) in [5.74, 6) is -2.55. The standard InChI is InChI=1S/C6H8Cl.C6H5F6O2.Pd/c1-5(2)4-6(3)7;1-4(14,6(10,11)12)2-3(13)5(7,8)9;/h1-4H2;2,13H,1H3;/q;-1;/b;3-2-;. The number of hydrogen-bond acceptors (Lipinski definition) is 2. The zero-order valence-electron chi connectivity index (χ0n) is 11.2. The fraction of sp³-hybridized carbons (Fsp3) is 0.417. The maximum Gasteiger partial charge on any atom is 0.448 e. The molecule has 0 amide bonds. The molecule has 1 N–H and O–H groups in total. The van der Waals surface area contributed by atoms with Gasteiger partial charge in [-0.15, -0.1) is 0 Å². The first-order chi connectivity index (χ1) is 9.00. The Morgan fingerprint density at radius 3 is 1.68 bits per heavy atom. The van der Waals surface area contributed by atoms with Crippen LogP contribution in [-0.2, 0) is 20.4 Å². The van der Waals surface area contributed by atoms with Gasteiger partial charge in [-0.1, -0.05) is 37.3 Å². The molecule has 0 aliphatic carbocycles. The van der Waals surface area contributed by atoms with Crippen LogP contribution in [0.3, 0.4) is 0 Å². The predicted octanol–water partition coefficient (Wildman–Crippen LogP) is 4.19. The number of allylic oxidation sites excluding steroid dienone is 3. The smallest absolute Gasteiger partial charge is 0.448 e. The van der Waals surface area contributed by atoms with E-state index in [1.165, 1.54) is 0 Å². The first-order valence-corrected chi connectivity index (χ1v) is 5.47.